The van der Waals surface area contributed by atoms with Gasteiger partial charge in [-0.3, -0.25) is 19.3 Å². The molecule has 1 N–H and O–H groups in total. The van der Waals surface area contributed by atoms with Crippen LogP contribution in [0.25, 0.3) is 0 Å². The molecule has 0 aliphatic carbocycles. The lowest BCUT2D eigenvalue weighted by Crippen LogP contribution is -2.60. The van der Waals surface area contributed by atoms with Crippen molar-refractivity contribution in [3.05, 3.63) is 47.5 Å². The monoisotopic (exact) mass is 527 g/mol. The SMILES string of the molecule is CCOC(=O)C/C(C)=C/[C@H](C(C)C)N(C)C(=O)[C@@H](NC(=O)C1CCCCN1Cc1ccccc1)C(C)(C)C. The van der Waals surface area contributed by atoms with Gasteiger partial charge in [-0.1, -0.05) is 83.0 Å². The minimum atomic E-state index is -0.680. The summed E-state index contributed by atoms with van der Waals surface area (Å²) in [5.74, 6) is -0.366. The topological polar surface area (TPSA) is 79.0 Å². The molecule has 7 heteroatoms. The van der Waals surface area contributed by atoms with Crippen molar-refractivity contribution < 1.29 is 19.1 Å². The summed E-state index contributed by atoms with van der Waals surface area (Å²) < 4.78 is 5.08. The van der Waals surface area contributed by atoms with E-state index < -0.39 is 11.5 Å². The zero-order valence-electron chi connectivity index (χ0n) is 24.8. The number of amides is 2. The molecule has 1 heterocycles. The summed E-state index contributed by atoms with van der Waals surface area (Å²) in [7, 11) is 1.79. The van der Waals surface area contributed by atoms with E-state index in [-0.39, 0.29) is 42.2 Å². The van der Waals surface area contributed by atoms with Gasteiger partial charge in [-0.25, -0.2) is 0 Å². The first kappa shape index (κ1) is 31.5. The number of hydrogen-bond acceptors (Lipinski definition) is 5. The Labute approximate surface area is 230 Å². The number of nitrogens with zero attached hydrogens (tertiary/aromatic N) is 2. The summed E-state index contributed by atoms with van der Waals surface area (Å²) in [6, 6.07) is 9.05. The minimum absolute atomic E-state index is 0.0857. The highest BCUT2D eigenvalue weighted by Crippen LogP contribution is 2.26. The number of piperidine rings is 1. The third kappa shape index (κ3) is 9.26. The third-order valence-corrected chi connectivity index (χ3v) is 7.21. The maximum absolute atomic E-state index is 13.9. The van der Waals surface area contributed by atoms with Crippen molar-refractivity contribution in [3.63, 3.8) is 0 Å². The molecule has 7 nitrogen and oxygen atoms in total. The highest BCUT2D eigenvalue weighted by atomic mass is 16.5. The van der Waals surface area contributed by atoms with E-state index >= 15 is 0 Å². The number of rotatable bonds is 11. The zero-order chi connectivity index (χ0) is 28.5. The highest BCUT2D eigenvalue weighted by Gasteiger charge is 2.39. The molecule has 1 unspecified atom stereocenters. The van der Waals surface area contributed by atoms with Gasteiger partial charge in [-0.2, -0.15) is 0 Å². The van der Waals surface area contributed by atoms with E-state index in [0.717, 1.165) is 31.4 Å². The van der Waals surface area contributed by atoms with Gasteiger partial charge in [0, 0.05) is 13.6 Å². The van der Waals surface area contributed by atoms with E-state index in [4.69, 9.17) is 4.74 Å². The van der Waals surface area contributed by atoms with Crippen molar-refractivity contribution in [1.82, 2.24) is 15.1 Å². The number of likely N-dealkylation sites (N-methyl/N-ethyl adjacent to an activating group) is 1. The van der Waals surface area contributed by atoms with Crippen molar-refractivity contribution in [3.8, 4) is 0 Å². The average molecular weight is 528 g/mol. The molecule has 0 aromatic heterocycles. The summed E-state index contributed by atoms with van der Waals surface area (Å²) in [4.78, 5) is 43.5. The molecule has 3 atom stereocenters. The summed E-state index contributed by atoms with van der Waals surface area (Å²) in [5.41, 5.74) is 1.56. The van der Waals surface area contributed by atoms with E-state index in [1.807, 2.05) is 52.0 Å². The van der Waals surface area contributed by atoms with Crippen LogP contribution in [-0.4, -0.2) is 65.9 Å². The fourth-order valence-electron chi connectivity index (χ4n) is 5.07. The van der Waals surface area contributed by atoms with Crippen molar-refractivity contribution in [2.75, 3.05) is 20.2 Å². The van der Waals surface area contributed by atoms with Gasteiger partial charge in [0.2, 0.25) is 11.8 Å². The highest BCUT2D eigenvalue weighted by molar-refractivity contribution is 5.90. The maximum atomic E-state index is 13.9. The van der Waals surface area contributed by atoms with Gasteiger partial charge in [-0.15, -0.1) is 0 Å². The fourth-order valence-corrected chi connectivity index (χ4v) is 5.07. The van der Waals surface area contributed by atoms with Crippen LogP contribution in [-0.2, 0) is 25.7 Å². The first-order valence-corrected chi connectivity index (χ1v) is 14.0. The Morgan fingerprint density at radius 1 is 1.16 bits per heavy atom. The Morgan fingerprint density at radius 2 is 1.82 bits per heavy atom. The molecule has 1 fully saturated rings. The smallest absolute Gasteiger partial charge is 0.309 e. The van der Waals surface area contributed by atoms with Crippen LogP contribution in [0.3, 0.4) is 0 Å². The van der Waals surface area contributed by atoms with Crippen LogP contribution < -0.4 is 5.32 Å². The lowest BCUT2D eigenvalue weighted by Gasteiger charge is -2.40. The van der Waals surface area contributed by atoms with Gasteiger partial charge in [0.25, 0.3) is 0 Å². The second-order valence-electron chi connectivity index (χ2n) is 12.0. The summed E-state index contributed by atoms with van der Waals surface area (Å²) in [5, 5.41) is 3.15. The number of nitrogens with one attached hydrogen (secondary N) is 1. The molecule has 1 aromatic rings. The lowest BCUT2D eigenvalue weighted by molar-refractivity contribution is -0.142. The first-order chi connectivity index (χ1) is 17.8. The Balaban J connectivity index is 2.21. The molecule has 1 aliphatic rings. The van der Waals surface area contributed by atoms with Crippen LogP contribution in [0.2, 0.25) is 0 Å². The van der Waals surface area contributed by atoms with Crippen molar-refractivity contribution in [1.29, 1.82) is 0 Å². The summed E-state index contributed by atoms with van der Waals surface area (Å²) in [6.45, 7) is 15.7. The molecular formula is C31H49N3O4. The largest absolute Gasteiger partial charge is 0.466 e. The van der Waals surface area contributed by atoms with Gasteiger partial charge in [0.1, 0.15) is 6.04 Å². The summed E-state index contributed by atoms with van der Waals surface area (Å²) in [6.07, 6.45) is 5.01. The maximum Gasteiger partial charge on any atom is 0.309 e. The predicted molar refractivity (Wildman–Crippen MR) is 152 cm³/mol. The van der Waals surface area contributed by atoms with Crippen LogP contribution in [0, 0.1) is 11.3 Å². The summed E-state index contributed by atoms with van der Waals surface area (Å²) >= 11 is 0. The third-order valence-electron chi connectivity index (χ3n) is 7.21. The molecule has 38 heavy (non-hydrogen) atoms. The molecule has 0 spiro atoms. The molecule has 2 amide bonds. The standard InChI is InChI=1S/C31H49N3O4/c1-9-38-27(35)20-23(4)19-26(22(2)3)33(8)30(37)28(31(5,6)7)32-29(36)25-17-13-14-18-34(25)21-24-15-11-10-12-16-24/h10-12,15-16,19,22,25-26,28H,9,13-14,17-18,20-21H2,1-8H3,(H,32,36)/b23-19+/t25?,26-,28-/m1/s1. The molecule has 0 bridgehead atoms. The number of carbonyl (C=O) groups excluding carboxylic acids is 3. The Morgan fingerprint density at radius 3 is 2.39 bits per heavy atom. The van der Waals surface area contributed by atoms with Gasteiger partial charge in [0.05, 0.1) is 25.1 Å². The van der Waals surface area contributed by atoms with Crippen LogP contribution in [0.5, 0.6) is 0 Å². The number of esters is 1. The van der Waals surface area contributed by atoms with Crippen LogP contribution in [0.1, 0.15) is 79.7 Å². The van der Waals surface area contributed by atoms with Gasteiger partial charge in [0.15, 0.2) is 0 Å². The molecule has 2 rings (SSSR count). The Kier molecular flexibility index (Phi) is 12.0. The number of hydrogen-bond donors (Lipinski definition) is 1. The zero-order valence-corrected chi connectivity index (χ0v) is 24.8. The van der Waals surface area contributed by atoms with Crippen LogP contribution in [0.15, 0.2) is 42.0 Å². The molecule has 1 aromatic carbocycles. The quantitative estimate of drug-likeness (QED) is 0.325. The van der Waals surface area contributed by atoms with Gasteiger partial charge < -0.3 is 15.0 Å². The number of benzene rings is 1. The van der Waals surface area contributed by atoms with Gasteiger partial charge >= 0.3 is 5.97 Å². The number of likely N-dealkylation sites (tertiary alicyclic amines) is 1. The number of ether oxygens (including phenoxy) is 1. The molecular weight excluding hydrogens is 478 g/mol. The van der Waals surface area contributed by atoms with Crippen molar-refractivity contribution in [2.45, 2.75) is 98.8 Å². The predicted octanol–water partition coefficient (Wildman–Crippen LogP) is 4.95. The fraction of sp³-hybridized carbons (Fsp3) is 0.645. The van der Waals surface area contributed by atoms with E-state index in [1.54, 1.807) is 18.9 Å². The van der Waals surface area contributed by atoms with Crippen molar-refractivity contribution >= 4 is 17.8 Å². The minimum Gasteiger partial charge on any atom is -0.466 e. The van der Waals surface area contributed by atoms with Crippen LogP contribution >= 0.6 is 0 Å². The molecule has 1 saturated heterocycles. The van der Waals surface area contributed by atoms with E-state index in [2.05, 4.69) is 36.2 Å². The van der Waals surface area contributed by atoms with E-state index in [0.29, 0.717) is 13.2 Å². The molecule has 0 saturated carbocycles. The molecule has 1 aliphatic heterocycles. The normalized spacial score (nSPS) is 18.6. The Hall–Kier alpha value is -2.67. The lowest BCUT2D eigenvalue weighted by atomic mass is 9.84. The first-order valence-electron chi connectivity index (χ1n) is 14.0. The molecule has 0 radical (unpaired) electrons. The van der Waals surface area contributed by atoms with Crippen LogP contribution in [0.4, 0.5) is 0 Å². The van der Waals surface area contributed by atoms with E-state index in [1.165, 1.54) is 5.56 Å². The van der Waals surface area contributed by atoms with E-state index in [9.17, 15) is 14.4 Å². The number of carbonyl (C=O) groups is 3. The van der Waals surface area contributed by atoms with Gasteiger partial charge in [-0.05, 0) is 50.1 Å². The second-order valence-corrected chi connectivity index (χ2v) is 12.0. The average Bonchev–Trinajstić information content (AvgIpc) is 2.85. The molecule has 212 valence electrons. The van der Waals surface area contributed by atoms with Crippen molar-refractivity contribution in [2.24, 2.45) is 11.3 Å². The Bertz CT molecular complexity index is 952. The second kappa shape index (κ2) is 14.5.